The largest absolute Gasteiger partial charge is 0.308 e. The van der Waals surface area contributed by atoms with Crippen molar-refractivity contribution in [1.82, 2.24) is 4.98 Å². The second-order valence-electron chi connectivity index (χ2n) is 3.87. The van der Waals surface area contributed by atoms with Gasteiger partial charge in [0.15, 0.2) is 0 Å². The van der Waals surface area contributed by atoms with Crippen molar-refractivity contribution in [3.05, 3.63) is 59.9 Å². The van der Waals surface area contributed by atoms with E-state index in [0.717, 1.165) is 0 Å². The molecule has 2 rings (SSSR count). The third kappa shape index (κ3) is 2.76. The quantitative estimate of drug-likeness (QED) is 0.796. The summed E-state index contributed by atoms with van der Waals surface area (Å²) < 4.78 is 26.7. The van der Waals surface area contributed by atoms with Crippen LogP contribution in [0.4, 0.5) is 14.5 Å². The second-order valence-corrected chi connectivity index (χ2v) is 3.87. The highest BCUT2D eigenvalue weighted by molar-refractivity contribution is 6.06. The van der Waals surface area contributed by atoms with Crippen LogP contribution in [0, 0.1) is 11.8 Å². The molecule has 0 N–H and O–H groups in total. The normalized spacial score (nSPS) is 10.3. The fourth-order valence-corrected chi connectivity index (χ4v) is 1.78. The Morgan fingerprint density at radius 3 is 2.68 bits per heavy atom. The first kappa shape index (κ1) is 13.1. The number of pyridine rings is 1. The van der Waals surface area contributed by atoms with E-state index in [4.69, 9.17) is 0 Å². The molecule has 1 aromatic carbocycles. The zero-order valence-corrected chi connectivity index (χ0v) is 10.3. The van der Waals surface area contributed by atoms with Gasteiger partial charge in [-0.25, -0.2) is 9.37 Å². The number of hydrogen-bond donors (Lipinski definition) is 0. The minimum absolute atomic E-state index is 0.131. The Morgan fingerprint density at radius 1 is 1.26 bits per heavy atom. The molecule has 1 aromatic heterocycles. The molecule has 19 heavy (non-hydrogen) atoms. The van der Waals surface area contributed by atoms with Crippen LogP contribution in [-0.2, 0) is 0 Å². The second kappa shape index (κ2) is 5.56. The zero-order chi connectivity index (χ0) is 13.8. The summed E-state index contributed by atoms with van der Waals surface area (Å²) in [6, 6.07) is 8.45. The van der Waals surface area contributed by atoms with Gasteiger partial charge in [-0.15, -0.1) is 0 Å². The maximum Gasteiger partial charge on any atom is 0.262 e. The minimum atomic E-state index is -0.831. The fourth-order valence-electron chi connectivity index (χ4n) is 1.78. The van der Waals surface area contributed by atoms with Gasteiger partial charge in [0.1, 0.15) is 5.82 Å². The van der Waals surface area contributed by atoms with Crippen LogP contribution >= 0.6 is 0 Å². The molecule has 1 heterocycles. The Bertz CT molecular complexity index is 602. The van der Waals surface area contributed by atoms with Crippen LogP contribution in [0.3, 0.4) is 0 Å². The van der Waals surface area contributed by atoms with Gasteiger partial charge < -0.3 is 4.90 Å². The predicted octanol–water partition coefficient (Wildman–Crippen LogP) is 3.03. The molecular formula is C14H12F2N2O. The van der Waals surface area contributed by atoms with Gasteiger partial charge in [0, 0.05) is 18.4 Å². The molecule has 0 radical (unpaired) electrons. The Hall–Kier alpha value is -2.30. The summed E-state index contributed by atoms with van der Waals surface area (Å²) in [7, 11) is 0. The monoisotopic (exact) mass is 262 g/mol. The molecule has 0 bridgehead atoms. The summed E-state index contributed by atoms with van der Waals surface area (Å²) in [5, 5.41) is 0. The van der Waals surface area contributed by atoms with E-state index in [2.05, 4.69) is 4.98 Å². The summed E-state index contributed by atoms with van der Waals surface area (Å²) in [6.07, 6.45) is 1.27. The van der Waals surface area contributed by atoms with E-state index in [9.17, 15) is 13.6 Å². The van der Waals surface area contributed by atoms with Gasteiger partial charge in [0.05, 0.1) is 5.56 Å². The molecule has 2 aromatic rings. The van der Waals surface area contributed by atoms with Crippen molar-refractivity contribution in [2.45, 2.75) is 6.92 Å². The average Bonchev–Trinajstić information content (AvgIpc) is 2.40. The van der Waals surface area contributed by atoms with Crippen molar-refractivity contribution in [3.8, 4) is 0 Å². The van der Waals surface area contributed by atoms with Crippen LogP contribution in [0.15, 0.2) is 42.6 Å². The van der Waals surface area contributed by atoms with Gasteiger partial charge in [-0.05, 0) is 37.3 Å². The highest BCUT2D eigenvalue weighted by Crippen LogP contribution is 2.18. The van der Waals surface area contributed by atoms with Gasteiger partial charge in [-0.2, -0.15) is 4.39 Å². The van der Waals surface area contributed by atoms with Crippen molar-refractivity contribution < 1.29 is 13.6 Å². The highest BCUT2D eigenvalue weighted by Gasteiger charge is 2.20. The van der Waals surface area contributed by atoms with Crippen LogP contribution in [0.5, 0.6) is 0 Å². The van der Waals surface area contributed by atoms with Crippen LogP contribution in [0.1, 0.15) is 17.3 Å². The number of rotatable bonds is 3. The third-order valence-corrected chi connectivity index (χ3v) is 2.67. The summed E-state index contributed by atoms with van der Waals surface area (Å²) in [5.74, 6) is -1.82. The lowest BCUT2D eigenvalue weighted by Gasteiger charge is -2.21. The van der Waals surface area contributed by atoms with Gasteiger partial charge in [0.25, 0.3) is 5.91 Å². The topological polar surface area (TPSA) is 33.2 Å². The molecule has 0 fully saturated rings. The molecule has 1 amide bonds. The molecular weight excluding hydrogens is 250 g/mol. The first-order chi connectivity index (χ1) is 9.13. The molecule has 5 heteroatoms. The maximum atomic E-state index is 13.5. The van der Waals surface area contributed by atoms with Crippen molar-refractivity contribution in [2.24, 2.45) is 0 Å². The molecule has 0 saturated carbocycles. The van der Waals surface area contributed by atoms with Crippen molar-refractivity contribution >= 4 is 11.6 Å². The third-order valence-electron chi connectivity index (χ3n) is 2.67. The van der Waals surface area contributed by atoms with E-state index in [1.165, 1.54) is 41.4 Å². The molecule has 3 nitrogen and oxygen atoms in total. The van der Waals surface area contributed by atoms with Crippen LogP contribution in [0.2, 0.25) is 0 Å². The van der Waals surface area contributed by atoms with Crippen LogP contribution < -0.4 is 4.90 Å². The molecule has 0 aliphatic rings. The lowest BCUT2D eigenvalue weighted by molar-refractivity contribution is 0.0983. The zero-order valence-electron chi connectivity index (χ0n) is 10.3. The number of hydrogen-bond acceptors (Lipinski definition) is 2. The highest BCUT2D eigenvalue weighted by atomic mass is 19.1. The Balaban J connectivity index is 2.38. The summed E-state index contributed by atoms with van der Waals surface area (Å²) in [5.41, 5.74) is 0.254. The van der Waals surface area contributed by atoms with Gasteiger partial charge in [-0.1, -0.05) is 6.07 Å². The van der Waals surface area contributed by atoms with Crippen molar-refractivity contribution in [2.75, 3.05) is 11.4 Å². The van der Waals surface area contributed by atoms with Crippen LogP contribution in [-0.4, -0.2) is 17.4 Å². The van der Waals surface area contributed by atoms with Crippen LogP contribution in [0.25, 0.3) is 0 Å². The smallest absolute Gasteiger partial charge is 0.262 e. The van der Waals surface area contributed by atoms with Gasteiger partial charge in [0.2, 0.25) is 5.95 Å². The molecule has 0 unspecified atom stereocenters. The Labute approximate surface area is 109 Å². The van der Waals surface area contributed by atoms with E-state index in [1.54, 1.807) is 13.0 Å². The number of nitrogens with zero attached hydrogens (tertiary/aromatic N) is 2. The number of halogens is 2. The minimum Gasteiger partial charge on any atom is -0.308 e. The number of benzene rings is 1. The summed E-state index contributed by atoms with van der Waals surface area (Å²) >= 11 is 0. The molecule has 0 atom stereocenters. The van der Waals surface area contributed by atoms with Crippen molar-refractivity contribution in [1.29, 1.82) is 0 Å². The number of aromatic nitrogens is 1. The Morgan fingerprint density at radius 2 is 2.05 bits per heavy atom. The number of anilines is 1. The molecule has 98 valence electrons. The molecule has 0 saturated heterocycles. The first-order valence-electron chi connectivity index (χ1n) is 5.81. The van der Waals surface area contributed by atoms with Gasteiger partial charge in [-0.3, -0.25) is 4.79 Å². The summed E-state index contributed by atoms with van der Waals surface area (Å²) in [6.45, 7) is 2.04. The van der Waals surface area contributed by atoms with Gasteiger partial charge >= 0.3 is 0 Å². The SMILES string of the molecule is CCN(C(=O)c1cccnc1F)c1cccc(F)c1. The predicted molar refractivity (Wildman–Crippen MR) is 67.9 cm³/mol. The number of carbonyl (C=O) groups is 1. The maximum absolute atomic E-state index is 13.5. The summed E-state index contributed by atoms with van der Waals surface area (Å²) in [4.78, 5) is 17.0. The fraction of sp³-hybridized carbons (Fsp3) is 0.143. The average molecular weight is 262 g/mol. The number of amides is 1. The molecule has 0 aliphatic heterocycles. The lowest BCUT2D eigenvalue weighted by Crippen LogP contribution is -2.31. The lowest BCUT2D eigenvalue weighted by atomic mass is 10.2. The standard InChI is InChI=1S/C14H12F2N2O/c1-2-18(11-6-3-5-10(15)9-11)14(19)12-7-4-8-17-13(12)16/h3-9H,2H2,1H3. The molecule has 0 aliphatic carbocycles. The number of carbonyl (C=O) groups excluding carboxylic acids is 1. The van der Waals surface area contributed by atoms with E-state index in [-0.39, 0.29) is 5.56 Å². The molecule has 0 spiro atoms. The van der Waals surface area contributed by atoms with E-state index < -0.39 is 17.7 Å². The van der Waals surface area contributed by atoms with E-state index in [0.29, 0.717) is 12.2 Å². The first-order valence-corrected chi connectivity index (χ1v) is 5.81. The van der Waals surface area contributed by atoms with E-state index in [1.807, 2.05) is 0 Å². The van der Waals surface area contributed by atoms with Crippen molar-refractivity contribution in [3.63, 3.8) is 0 Å². The Kier molecular flexibility index (Phi) is 3.85. The van der Waals surface area contributed by atoms with E-state index >= 15 is 0 Å².